The number of hydrogen-bond donors (Lipinski definition) is 1. The zero-order valence-corrected chi connectivity index (χ0v) is 13.1. The van der Waals surface area contributed by atoms with E-state index in [1.807, 2.05) is 6.20 Å². The number of nitrogens with zero attached hydrogens (tertiary/aromatic N) is 6. The second-order valence-electron chi connectivity index (χ2n) is 5.77. The summed E-state index contributed by atoms with van der Waals surface area (Å²) in [6, 6.07) is 0.709. The summed E-state index contributed by atoms with van der Waals surface area (Å²) in [4.78, 5) is 7.27. The molecule has 0 unspecified atom stereocenters. The number of aromatic nitrogens is 6. The third kappa shape index (κ3) is 2.90. The molecule has 11 heteroatoms. The number of fused-ring (bicyclic) bond motifs is 1. The van der Waals surface area contributed by atoms with Gasteiger partial charge in [-0.05, 0) is 6.42 Å². The molecule has 8 nitrogen and oxygen atoms in total. The van der Waals surface area contributed by atoms with Gasteiger partial charge in [-0.15, -0.1) is 0 Å². The molecule has 0 bridgehead atoms. The van der Waals surface area contributed by atoms with Crippen molar-refractivity contribution in [3.8, 4) is 0 Å². The zero-order valence-electron chi connectivity index (χ0n) is 13.1. The van der Waals surface area contributed by atoms with Gasteiger partial charge < -0.3 is 10.1 Å². The number of aryl methyl sites for hydroxylation is 1. The van der Waals surface area contributed by atoms with Crippen LogP contribution in [0.3, 0.4) is 0 Å². The Morgan fingerprint density at radius 3 is 2.88 bits per heavy atom. The minimum absolute atomic E-state index is 0.117. The van der Waals surface area contributed by atoms with Gasteiger partial charge in [-0.3, -0.25) is 4.68 Å². The van der Waals surface area contributed by atoms with Gasteiger partial charge in [0.1, 0.15) is 18.2 Å². The smallest absolute Gasteiger partial charge is 0.371 e. The van der Waals surface area contributed by atoms with Crippen LogP contribution >= 0.6 is 0 Å². The second-order valence-corrected chi connectivity index (χ2v) is 5.77. The number of halogens is 3. The van der Waals surface area contributed by atoms with E-state index in [-0.39, 0.29) is 23.7 Å². The average molecular weight is 353 g/mol. The molecule has 25 heavy (non-hydrogen) atoms. The first-order valence-electron chi connectivity index (χ1n) is 7.56. The van der Waals surface area contributed by atoms with E-state index in [9.17, 15) is 13.2 Å². The maximum Gasteiger partial charge on any atom is 0.433 e. The van der Waals surface area contributed by atoms with Gasteiger partial charge in [-0.1, -0.05) is 0 Å². The zero-order chi connectivity index (χ0) is 17.6. The fourth-order valence-corrected chi connectivity index (χ4v) is 2.90. The lowest BCUT2D eigenvalue weighted by Crippen LogP contribution is -2.25. The van der Waals surface area contributed by atoms with Crippen LogP contribution in [0.15, 0.2) is 24.8 Å². The predicted octanol–water partition coefficient (Wildman–Crippen LogP) is 1.82. The van der Waals surface area contributed by atoms with Crippen LogP contribution in [0, 0.1) is 0 Å². The van der Waals surface area contributed by atoms with Crippen LogP contribution in [-0.4, -0.2) is 42.0 Å². The molecule has 4 rings (SSSR count). The Hall–Kier alpha value is -2.69. The molecule has 0 saturated carbocycles. The number of anilines is 1. The molecule has 2 atom stereocenters. The van der Waals surface area contributed by atoms with Crippen molar-refractivity contribution in [2.45, 2.75) is 24.7 Å². The highest BCUT2D eigenvalue weighted by atomic mass is 19.4. The Labute approximate surface area is 139 Å². The Balaban J connectivity index is 1.69. The lowest BCUT2D eigenvalue weighted by Gasteiger charge is -2.20. The van der Waals surface area contributed by atoms with E-state index >= 15 is 0 Å². The molecule has 3 aromatic rings. The Bertz CT molecular complexity index is 903. The number of ether oxygens (including phenoxy) is 1. The number of rotatable bonds is 3. The van der Waals surface area contributed by atoms with Crippen molar-refractivity contribution < 1.29 is 17.9 Å². The molecule has 1 N–H and O–H groups in total. The molecule has 0 amide bonds. The molecule has 0 radical (unpaired) electrons. The number of alkyl halides is 3. The summed E-state index contributed by atoms with van der Waals surface area (Å²) in [6.07, 6.45) is 0.428. The third-order valence-corrected chi connectivity index (χ3v) is 4.02. The summed E-state index contributed by atoms with van der Waals surface area (Å²) in [5, 5.41) is 11.2. The summed E-state index contributed by atoms with van der Waals surface area (Å²) in [5.41, 5.74) is -0.162. The lowest BCUT2D eigenvalue weighted by molar-refractivity contribution is -0.141. The highest BCUT2D eigenvalue weighted by Crippen LogP contribution is 2.33. The topological polar surface area (TPSA) is 82.2 Å². The van der Waals surface area contributed by atoms with Crippen molar-refractivity contribution in [2.24, 2.45) is 7.05 Å². The molecule has 0 aromatic carbocycles. The SMILES string of the molecule is Cn1cc([C@H]2OCC[C@@H]2Nc2cc(C(F)(F)F)nc3ncnn23)cn1. The van der Waals surface area contributed by atoms with Crippen LogP contribution in [0.5, 0.6) is 0 Å². The summed E-state index contributed by atoms with van der Waals surface area (Å²) in [7, 11) is 1.79. The Morgan fingerprint density at radius 2 is 2.16 bits per heavy atom. The van der Waals surface area contributed by atoms with Crippen LogP contribution in [0.25, 0.3) is 5.78 Å². The maximum atomic E-state index is 13.1. The van der Waals surface area contributed by atoms with Gasteiger partial charge in [0.05, 0.1) is 12.2 Å². The van der Waals surface area contributed by atoms with Crippen molar-refractivity contribution in [3.05, 3.63) is 36.0 Å². The fourth-order valence-electron chi connectivity index (χ4n) is 2.90. The quantitative estimate of drug-likeness (QED) is 0.773. The van der Waals surface area contributed by atoms with Crippen molar-refractivity contribution in [3.63, 3.8) is 0 Å². The van der Waals surface area contributed by atoms with Gasteiger partial charge >= 0.3 is 6.18 Å². The Kier molecular flexibility index (Phi) is 3.60. The van der Waals surface area contributed by atoms with E-state index in [0.29, 0.717) is 13.0 Å². The monoisotopic (exact) mass is 353 g/mol. The lowest BCUT2D eigenvalue weighted by atomic mass is 10.1. The summed E-state index contributed by atoms with van der Waals surface area (Å²) < 4.78 is 47.9. The van der Waals surface area contributed by atoms with Crippen LogP contribution in [-0.2, 0) is 18.0 Å². The van der Waals surface area contributed by atoms with E-state index in [1.165, 1.54) is 4.52 Å². The van der Waals surface area contributed by atoms with Crippen LogP contribution in [0.4, 0.5) is 19.0 Å². The molecule has 1 aliphatic heterocycles. The van der Waals surface area contributed by atoms with Crippen LogP contribution in [0.1, 0.15) is 23.8 Å². The van der Waals surface area contributed by atoms with Crippen molar-refractivity contribution in [1.82, 2.24) is 29.4 Å². The maximum absolute atomic E-state index is 13.1. The van der Waals surface area contributed by atoms with Gasteiger partial charge in [-0.2, -0.15) is 32.9 Å². The van der Waals surface area contributed by atoms with Gasteiger partial charge in [0.15, 0.2) is 5.69 Å². The second kappa shape index (κ2) is 5.69. The largest absolute Gasteiger partial charge is 0.433 e. The number of hydrogen-bond acceptors (Lipinski definition) is 6. The van der Waals surface area contributed by atoms with E-state index in [1.54, 1.807) is 17.9 Å². The minimum atomic E-state index is -4.57. The molecule has 1 saturated heterocycles. The first kappa shape index (κ1) is 15.8. The van der Waals surface area contributed by atoms with Crippen molar-refractivity contribution in [1.29, 1.82) is 0 Å². The summed E-state index contributed by atoms with van der Waals surface area (Å²) in [5.74, 6) is 0.0494. The first-order valence-corrected chi connectivity index (χ1v) is 7.56. The van der Waals surface area contributed by atoms with Crippen molar-refractivity contribution in [2.75, 3.05) is 11.9 Å². The van der Waals surface area contributed by atoms with Crippen LogP contribution < -0.4 is 5.32 Å². The fraction of sp³-hybridized carbons (Fsp3) is 0.429. The molecule has 0 aliphatic carbocycles. The molecule has 4 heterocycles. The molecule has 1 aliphatic rings. The van der Waals surface area contributed by atoms with Gasteiger partial charge in [0, 0.05) is 31.5 Å². The molecule has 132 valence electrons. The van der Waals surface area contributed by atoms with Crippen LogP contribution in [0.2, 0.25) is 0 Å². The van der Waals surface area contributed by atoms with Crippen molar-refractivity contribution >= 4 is 11.6 Å². The number of nitrogens with one attached hydrogen (secondary N) is 1. The van der Waals surface area contributed by atoms with E-state index in [0.717, 1.165) is 18.0 Å². The van der Waals surface area contributed by atoms with E-state index < -0.39 is 11.9 Å². The third-order valence-electron chi connectivity index (χ3n) is 4.02. The first-order chi connectivity index (χ1) is 11.9. The molecule has 3 aromatic heterocycles. The van der Waals surface area contributed by atoms with Gasteiger partial charge in [-0.25, -0.2) is 4.98 Å². The summed E-state index contributed by atoms with van der Waals surface area (Å²) in [6.45, 7) is 0.495. The predicted molar refractivity (Wildman–Crippen MR) is 79.7 cm³/mol. The van der Waals surface area contributed by atoms with E-state index in [2.05, 4.69) is 25.5 Å². The van der Waals surface area contributed by atoms with E-state index in [4.69, 9.17) is 4.74 Å². The molecular weight excluding hydrogens is 339 g/mol. The average Bonchev–Trinajstić information content (AvgIpc) is 3.25. The summed E-state index contributed by atoms with van der Waals surface area (Å²) >= 11 is 0. The molecular formula is C14H14F3N7O. The minimum Gasteiger partial charge on any atom is -0.371 e. The highest BCUT2D eigenvalue weighted by molar-refractivity contribution is 5.47. The highest BCUT2D eigenvalue weighted by Gasteiger charge is 2.35. The molecule has 0 spiro atoms. The van der Waals surface area contributed by atoms with Gasteiger partial charge in [0.2, 0.25) is 0 Å². The normalized spacial score (nSPS) is 21.1. The molecule has 1 fully saturated rings. The standard InChI is InChI=1S/C14H14F3N7O/c1-23-6-8(5-19-23)12-9(2-3-25-12)21-11-4-10(14(15,16)17)22-13-18-7-20-24(11)13/h4-7,9,12,21H,2-3H2,1H3/t9-,12+/m0/s1. The Morgan fingerprint density at radius 1 is 1.32 bits per heavy atom. The van der Waals surface area contributed by atoms with Gasteiger partial charge in [0.25, 0.3) is 5.78 Å².